The summed E-state index contributed by atoms with van der Waals surface area (Å²) in [5.74, 6) is -2.03. The van der Waals surface area contributed by atoms with E-state index >= 15 is 0 Å². The number of nitrogens with zero attached hydrogens (tertiary/aromatic N) is 2. The molecule has 1 aliphatic carbocycles. The topological polar surface area (TPSA) is 100 Å². The summed E-state index contributed by atoms with van der Waals surface area (Å²) in [7, 11) is 0. The van der Waals surface area contributed by atoms with E-state index in [9.17, 15) is 22.8 Å². The van der Waals surface area contributed by atoms with Crippen molar-refractivity contribution < 1.29 is 22.8 Å². The number of carbonyl (C=O) groups excluding carboxylic acids is 2. The maximum Gasteiger partial charge on any atom is 0.431 e. The van der Waals surface area contributed by atoms with Gasteiger partial charge in [-0.1, -0.05) is 53.5 Å². The summed E-state index contributed by atoms with van der Waals surface area (Å²) < 4.78 is 39.4. The molecule has 11 heteroatoms. The van der Waals surface area contributed by atoms with Crippen LogP contribution < -0.4 is 5.73 Å². The number of benzene rings is 1. The molecule has 1 aliphatic rings. The lowest BCUT2D eigenvalue weighted by Crippen LogP contribution is -2.41. The summed E-state index contributed by atoms with van der Waals surface area (Å²) in [5, 5.41) is 7.23. The van der Waals surface area contributed by atoms with Crippen molar-refractivity contribution in [3.63, 3.8) is 0 Å². The monoisotopic (exact) mass is 484 g/mol. The number of alkyl halides is 3. The van der Waals surface area contributed by atoms with Gasteiger partial charge in [0.05, 0.1) is 27.7 Å². The highest BCUT2D eigenvalue weighted by atomic mass is 35.5. The van der Waals surface area contributed by atoms with Crippen LogP contribution in [0.4, 0.5) is 13.2 Å². The summed E-state index contributed by atoms with van der Waals surface area (Å²) >= 11 is 12.0. The number of hydrogen-bond acceptors (Lipinski definition) is 5. The molecule has 0 radical (unpaired) electrons. The summed E-state index contributed by atoms with van der Waals surface area (Å²) in [6.07, 6.45) is -1.95. The molecule has 168 valence electrons. The standard InChI is InChI=1S/C21H17Cl2F3N4O2/c22-14-8-29-9-15(23)18(14)17(31)10-30(16-6-12(16)11-4-2-1-3-5-11)20(32)13(7-27)19(28)21(24,25)26/h1-5,7-9,12,16,27H,6,10,28H2/b19-13+,27-7?/t12-,16+/m1/s1. The van der Waals surface area contributed by atoms with Gasteiger partial charge >= 0.3 is 6.18 Å². The third-order valence-corrected chi connectivity index (χ3v) is 5.64. The van der Waals surface area contributed by atoms with Gasteiger partial charge in [-0.25, -0.2) is 0 Å². The van der Waals surface area contributed by atoms with Gasteiger partial charge in [-0.05, 0) is 12.0 Å². The number of carbonyl (C=O) groups is 2. The molecule has 0 aliphatic heterocycles. The highest BCUT2D eigenvalue weighted by Crippen LogP contribution is 2.45. The molecular weight excluding hydrogens is 468 g/mol. The number of amides is 1. The van der Waals surface area contributed by atoms with Gasteiger partial charge in [0, 0.05) is 30.6 Å². The SMILES string of the molecule is N=C/C(C(=O)N(CC(=O)c1c(Cl)cncc1Cl)[C@H]1C[C@@H]1c1ccccc1)=C(\N)C(F)(F)F. The predicted molar refractivity (Wildman–Crippen MR) is 114 cm³/mol. The van der Waals surface area contributed by atoms with Crippen molar-refractivity contribution in [1.82, 2.24) is 9.88 Å². The van der Waals surface area contributed by atoms with Crippen molar-refractivity contribution in [3.8, 4) is 0 Å². The number of nitrogens with one attached hydrogen (secondary N) is 1. The molecule has 1 amide bonds. The van der Waals surface area contributed by atoms with Crippen LogP contribution in [0.3, 0.4) is 0 Å². The average Bonchev–Trinajstić information content (AvgIpc) is 3.53. The molecule has 6 nitrogen and oxygen atoms in total. The van der Waals surface area contributed by atoms with E-state index in [1.54, 1.807) is 18.2 Å². The highest BCUT2D eigenvalue weighted by Gasteiger charge is 2.47. The second-order valence-electron chi connectivity index (χ2n) is 7.12. The van der Waals surface area contributed by atoms with Crippen molar-refractivity contribution in [2.75, 3.05) is 6.54 Å². The number of pyridine rings is 1. The summed E-state index contributed by atoms with van der Waals surface area (Å²) in [6.45, 7) is -0.598. The van der Waals surface area contributed by atoms with Crippen LogP contribution in [0.25, 0.3) is 0 Å². The number of halogens is 5. The minimum absolute atomic E-state index is 0.0528. The van der Waals surface area contributed by atoms with Crippen LogP contribution in [0.1, 0.15) is 28.3 Å². The summed E-state index contributed by atoms with van der Waals surface area (Å²) in [4.78, 5) is 30.7. The molecule has 0 saturated heterocycles. The van der Waals surface area contributed by atoms with Crippen LogP contribution in [-0.2, 0) is 4.79 Å². The van der Waals surface area contributed by atoms with Crippen LogP contribution >= 0.6 is 23.2 Å². The Morgan fingerprint density at radius 2 is 1.78 bits per heavy atom. The number of aromatic nitrogens is 1. The van der Waals surface area contributed by atoms with Gasteiger partial charge in [0.25, 0.3) is 5.91 Å². The first-order valence-corrected chi connectivity index (χ1v) is 10.1. The van der Waals surface area contributed by atoms with Gasteiger partial charge in [0.2, 0.25) is 0 Å². The van der Waals surface area contributed by atoms with Gasteiger partial charge in [0.15, 0.2) is 5.78 Å². The summed E-state index contributed by atoms with van der Waals surface area (Å²) in [6, 6.07) is 8.48. The minimum Gasteiger partial charge on any atom is -0.394 e. The summed E-state index contributed by atoms with van der Waals surface area (Å²) in [5.41, 5.74) is 3.15. The molecule has 2 atom stereocenters. The lowest BCUT2D eigenvalue weighted by molar-refractivity contribution is -0.128. The molecule has 32 heavy (non-hydrogen) atoms. The lowest BCUT2D eigenvalue weighted by atomic mass is 10.1. The maximum absolute atomic E-state index is 13.1. The normalized spacial score (nSPS) is 18.5. The first-order valence-electron chi connectivity index (χ1n) is 9.31. The first-order chi connectivity index (χ1) is 15.1. The zero-order valence-electron chi connectivity index (χ0n) is 16.4. The molecular formula is C21H17Cl2F3N4O2. The molecule has 1 aromatic heterocycles. The first kappa shape index (κ1) is 23.7. The van der Waals surface area contributed by atoms with Crippen molar-refractivity contribution >= 4 is 41.1 Å². The number of nitrogens with two attached hydrogens (primary N) is 1. The van der Waals surface area contributed by atoms with E-state index in [1.165, 1.54) is 12.4 Å². The second kappa shape index (κ2) is 9.30. The zero-order valence-corrected chi connectivity index (χ0v) is 17.9. The second-order valence-corrected chi connectivity index (χ2v) is 7.94. The van der Waals surface area contributed by atoms with Gasteiger partial charge in [-0.3, -0.25) is 14.6 Å². The number of Topliss-reactive ketones (excluding diaryl/α,β-unsaturated/α-hetero) is 1. The van der Waals surface area contributed by atoms with Crippen molar-refractivity contribution in [2.45, 2.75) is 24.6 Å². The van der Waals surface area contributed by atoms with E-state index in [-0.39, 0.29) is 27.7 Å². The third-order valence-electron chi connectivity index (χ3n) is 5.06. The van der Waals surface area contributed by atoms with Crippen molar-refractivity contribution in [2.24, 2.45) is 5.73 Å². The molecule has 1 fully saturated rings. The van der Waals surface area contributed by atoms with E-state index < -0.39 is 41.7 Å². The number of ketones is 1. The Hall–Kier alpha value is -2.91. The van der Waals surface area contributed by atoms with Crippen LogP contribution in [-0.4, -0.2) is 46.6 Å². The van der Waals surface area contributed by atoms with E-state index in [1.807, 2.05) is 12.1 Å². The molecule has 1 saturated carbocycles. The Bertz CT molecular complexity index is 1070. The minimum atomic E-state index is -5.02. The van der Waals surface area contributed by atoms with Crippen LogP contribution in [0.15, 0.2) is 54.0 Å². The van der Waals surface area contributed by atoms with Crippen molar-refractivity contribution in [1.29, 1.82) is 5.41 Å². The number of hydrogen-bond donors (Lipinski definition) is 2. The Morgan fingerprint density at radius 3 is 2.31 bits per heavy atom. The predicted octanol–water partition coefficient (Wildman–Crippen LogP) is 4.38. The van der Waals surface area contributed by atoms with Gasteiger partial charge < -0.3 is 16.0 Å². The highest BCUT2D eigenvalue weighted by molar-refractivity contribution is 6.39. The molecule has 3 rings (SSSR count). The van der Waals surface area contributed by atoms with E-state index in [2.05, 4.69) is 4.98 Å². The number of rotatable bonds is 7. The van der Waals surface area contributed by atoms with Crippen molar-refractivity contribution in [3.05, 3.63) is 75.2 Å². The van der Waals surface area contributed by atoms with E-state index in [0.717, 1.165) is 10.5 Å². The van der Waals surface area contributed by atoms with Crippen LogP contribution in [0.5, 0.6) is 0 Å². The van der Waals surface area contributed by atoms with Crippen LogP contribution in [0, 0.1) is 5.41 Å². The molecule has 2 aromatic rings. The molecule has 3 N–H and O–H groups in total. The van der Waals surface area contributed by atoms with Crippen LogP contribution in [0.2, 0.25) is 10.0 Å². The Labute approximate surface area is 191 Å². The smallest absolute Gasteiger partial charge is 0.394 e. The fourth-order valence-electron chi connectivity index (χ4n) is 3.40. The zero-order chi connectivity index (χ0) is 23.6. The molecule has 1 aromatic carbocycles. The largest absolute Gasteiger partial charge is 0.431 e. The Balaban J connectivity index is 1.98. The van der Waals surface area contributed by atoms with E-state index in [4.69, 9.17) is 34.3 Å². The molecule has 1 heterocycles. The molecule has 0 spiro atoms. The molecule has 0 bridgehead atoms. The van der Waals surface area contributed by atoms with E-state index in [0.29, 0.717) is 6.42 Å². The van der Waals surface area contributed by atoms with Gasteiger partial charge in [-0.15, -0.1) is 0 Å². The quantitative estimate of drug-likeness (QED) is 0.346. The third kappa shape index (κ3) is 4.94. The average molecular weight is 485 g/mol. The van der Waals surface area contributed by atoms with Gasteiger partial charge in [-0.2, -0.15) is 13.2 Å². The van der Waals surface area contributed by atoms with Gasteiger partial charge in [0.1, 0.15) is 5.70 Å². The lowest BCUT2D eigenvalue weighted by Gasteiger charge is -2.24. The Morgan fingerprint density at radius 1 is 1.19 bits per heavy atom. The molecule has 0 unspecified atom stereocenters. The Kier molecular flexibility index (Phi) is 6.90. The number of allylic oxidation sites excluding steroid dienone is 1. The fourth-order valence-corrected chi connectivity index (χ4v) is 3.97. The maximum atomic E-state index is 13.1. The fraction of sp³-hybridized carbons (Fsp3) is 0.238.